The van der Waals surface area contributed by atoms with Crippen LogP contribution in [0, 0.1) is 10.1 Å². The quantitative estimate of drug-likeness (QED) is 0.425. The Bertz CT molecular complexity index is 458. The van der Waals surface area contributed by atoms with Crippen molar-refractivity contribution in [3.63, 3.8) is 0 Å². The minimum Gasteiger partial charge on any atom is -0.344 e. The van der Waals surface area contributed by atoms with E-state index < -0.39 is 0 Å². The van der Waals surface area contributed by atoms with Crippen LogP contribution in [-0.2, 0) is 0 Å². The van der Waals surface area contributed by atoms with Crippen LogP contribution < -0.4 is 0 Å². The van der Waals surface area contributed by atoms with E-state index in [0.29, 0.717) is 6.42 Å². The molecule has 17 heavy (non-hydrogen) atoms. The normalized spacial score (nSPS) is 23.1. The van der Waals surface area contributed by atoms with Crippen LogP contribution in [0.25, 0.3) is 0 Å². The van der Waals surface area contributed by atoms with Gasteiger partial charge >= 0.3 is 0 Å². The van der Waals surface area contributed by atoms with Gasteiger partial charge in [0, 0.05) is 30.5 Å². The van der Waals surface area contributed by atoms with E-state index in [9.17, 15) is 10.1 Å². The summed E-state index contributed by atoms with van der Waals surface area (Å²) in [7, 11) is 0. The van der Waals surface area contributed by atoms with Gasteiger partial charge in [-0.15, -0.1) is 6.58 Å². The molecule has 1 aliphatic heterocycles. The van der Waals surface area contributed by atoms with Gasteiger partial charge in [0.2, 0.25) is 0 Å². The van der Waals surface area contributed by atoms with Gasteiger partial charge in [0.15, 0.2) is 0 Å². The summed E-state index contributed by atoms with van der Waals surface area (Å²) in [5.41, 5.74) is 1.18. The van der Waals surface area contributed by atoms with E-state index in [2.05, 4.69) is 17.6 Å². The fourth-order valence-electron chi connectivity index (χ4n) is 1.98. The molecule has 1 atom stereocenters. The first-order valence-electron chi connectivity index (χ1n) is 5.51. The number of nitro groups is 1. The molecule has 2 rings (SSSR count). The lowest BCUT2D eigenvalue weighted by Gasteiger charge is -2.24. The molecule has 0 aromatic rings. The van der Waals surface area contributed by atoms with Crippen molar-refractivity contribution in [2.24, 2.45) is 0 Å². The molecule has 0 aromatic heterocycles. The molecule has 4 heteroatoms. The highest BCUT2D eigenvalue weighted by atomic mass is 16.6. The SMILES string of the molecule is C=CC1CC=CN1C1=CC=C([N+](=O)[O-])C=CC1. The first-order valence-corrected chi connectivity index (χ1v) is 5.51. The van der Waals surface area contributed by atoms with Crippen molar-refractivity contribution < 1.29 is 4.92 Å². The highest BCUT2D eigenvalue weighted by Crippen LogP contribution is 2.25. The van der Waals surface area contributed by atoms with Gasteiger partial charge in [-0.05, 0) is 12.5 Å². The molecule has 1 heterocycles. The third-order valence-corrected chi connectivity index (χ3v) is 2.88. The smallest absolute Gasteiger partial charge is 0.269 e. The molecule has 2 aliphatic rings. The summed E-state index contributed by atoms with van der Waals surface area (Å²) in [6.45, 7) is 3.80. The van der Waals surface area contributed by atoms with E-state index in [-0.39, 0.29) is 16.7 Å². The van der Waals surface area contributed by atoms with Crippen molar-refractivity contribution in [2.45, 2.75) is 18.9 Å². The minimum atomic E-state index is -0.374. The maximum absolute atomic E-state index is 10.7. The Morgan fingerprint density at radius 3 is 3.00 bits per heavy atom. The Kier molecular flexibility index (Phi) is 3.23. The monoisotopic (exact) mass is 230 g/mol. The summed E-state index contributed by atoms with van der Waals surface area (Å²) in [6.07, 6.45) is 14.4. The molecule has 88 valence electrons. The van der Waals surface area contributed by atoms with Crippen LogP contribution in [0.4, 0.5) is 0 Å². The topological polar surface area (TPSA) is 46.4 Å². The first kappa shape index (κ1) is 11.4. The average Bonchev–Trinajstić information content (AvgIpc) is 2.65. The predicted molar refractivity (Wildman–Crippen MR) is 66.5 cm³/mol. The van der Waals surface area contributed by atoms with Gasteiger partial charge in [0.25, 0.3) is 5.70 Å². The zero-order chi connectivity index (χ0) is 12.3. The fraction of sp³-hybridized carbons (Fsp3) is 0.231. The Hall–Kier alpha value is -2.10. The van der Waals surface area contributed by atoms with Crippen molar-refractivity contribution in [3.8, 4) is 0 Å². The molecule has 0 amide bonds. The maximum Gasteiger partial charge on any atom is 0.269 e. The van der Waals surface area contributed by atoms with E-state index in [4.69, 9.17) is 0 Å². The number of allylic oxidation sites excluding steroid dienone is 4. The lowest BCUT2D eigenvalue weighted by molar-refractivity contribution is -0.419. The second-order valence-corrected chi connectivity index (χ2v) is 3.94. The van der Waals surface area contributed by atoms with Crippen LogP contribution in [0.2, 0.25) is 0 Å². The summed E-state index contributed by atoms with van der Waals surface area (Å²) in [4.78, 5) is 12.4. The predicted octanol–water partition coefficient (Wildman–Crippen LogP) is 2.76. The molecule has 0 bridgehead atoms. The Morgan fingerprint density at radius 2 is 2.29 bits per heavy atom. The largest absolute Gasteiger partial charge is 0.344 e. The number of nitrogens with zero attached hydrogens (tertiary/aromatic N) is 2. The number of rotatable bonds is 3. The van der Waals surface area contributed by atoms with Crippen molar-refractivity contribution in [3.05, 3.63) is 70.7 Å². The summed E-state index contributed by atoms with van der Waals surface area (Å²) in [5, 5.41) is 10.7. The third-order valence-electron chi connectivity index (χ3n) is 2.88. The molecule has 0 fully saturated rings. The maximum atomic E-state index is 10.7. The molecule has 1 unspecified atom stereocenters. The molecule has 0 aromatic carbocycles. The Balaban J connectivity index is 2.23. The van der Waals surface area contributed by atoms with Gasteiger partial charge < -0.3 is 4.90 Å². The standard InChI is InChI=1S/C13H14N2O2/c1-2-11-7-4-10-14(11)12-5-3-6-13(9-8-12)15(16)17/h2-4,6,8-11H,1,5,7H2. The van der Waals surface area contributed by atoms with Crippen LogP contribution in [-0.4, -0.2) is 15.9 Å². The summed E-state index contributed by atoms with van der Waals surface area (Å²) < 4.78 is 0. The summed E-state index contributed by atoms with van der Waals surface area (Å²) >= 11 is 0. The first-order chi connectivity index (χ1) is 8.22. The highest BCUT2D eigenvalue weighted by Gasteiger charge is 2.19. The van der Waals surface area contributed by atoms with Crippen molar-refractivity contribution in [1.82, 2.24) is 4.90 Å². The van der Waals surface area contributed by atoms with E-state index >= 15 is 0 Å². The van der Waals surface area contributed by atoms with Crippen molar-refractivity contribution in [1.29, 1.82) is 0 Å². The summed E-state index contributed by atoms with van der Waals surface area (Å²) in [6, 6.07) is 0.264. The van der Waals surface area contributed by atoms with Gasteiger partial charge in [-0.2, -0.15) is 0 Å². The Labute approximate surface area is 100 Å². The molecule has 0 N–H and O–H groups in total. The lowest BCUT2D eigenvalue weighted by atomic mass is 10.2. The van der Waals surface area contributed by atoms with Crippen LogP contribution in [0.15, 0.2) is 60.6 Å². The second-order valence-electron chi connectivity index (χ2n) is 3.94. The van der Waals surface area contributed by atoms with E-state index in [1.54, 1.807) is 12.2 Å². The highest BCUT2D eigenvalue weighted by molar-refractivity contribution is 5.29. The number of hydrogen-bond donors (Lipinski definition) is 0. The molecule has 0 saturated heterocycles. The summed E-state index contributed by atoms with van der Waals surface area (Å²) in [5.74, 6) is 0. The molecule has 4 nitrogen and oxygen atoms in total. The number of hydrogen-bond acceptors (Lipinski definition) is 3. The average molecular weight is 230 g/mol. The van der Waals surface area contributed by atoms with Gasteiger partial charge in [-0.3, -0.25) is 10.1 Å². The molecule has 0 saturated carbocycles. The van der Waals surface area contributed by atoms with Crippen LogP contribution in [0.3, 0.4) is 0 Å². The fourth-order valence-corrected chi connectivity index (χ4v) is 1.98. The van der Waals surface area contributed by atoms with Gasteiger partial charge in [0.05, 0.1) is 11.0 Å². The van der Waals surface area contributed by atoms with Gasteiger partial charge in [-0.1, -0.05) is 18.2 Å². The van der Waals surface area contributed by atoms with Crippen LogP contribution in [0.5, 0.6) is 0 Å². The minimum absolute atomic E-state index is 0.123. The van der Waals surface area contributed by atoms with Gasteiger partial charge in [0.1, 0.15) is 0 Å². The second kappa shape index (κ2) is 4.82. The van der Waals surface area contributed by atoms with Crippen molar-refractivity contribution >= 4 is 0 Å². The van der Waals surface area contributed by atoms with E-state index in [0.717, 1.165) is 12.1 Å². The molecule has 0 spiro atoms. The third kappa shape index (κ3) is 2.36. The molecular weight excluding hydrogens is 216 g/mol. The lowest BCUT2D eigenvalue weighted by Crippen LogP contribution is -2.23. The van der Waals surface area contributed by atoms with E-state index in [1.165, 1.54) is 0 Å². The Morgan fingerprint density at radius 1 is 1.47 bits per heavy atom. The zero-order valence-electron chi connectivity index (χ0n) is 9.45. The van der Waals surface area contributed by atoms with Gasteiger partial charge in [-0.25, -0.2) is 0 Å². The zero-order valence-corrected chi connectivity index (χ0v) is 9.45. The molecular formula is C13H14N2O2. The van der Waals surface area contributed by atoms with Crippen LogP contribution in [0.1, 0.15) is 12.8 Å². The van der Waals surface area contributed by atoms with E-state index in [1.807, 2.05) is 24.4 Å². The van der Waals surface area contributed by atoms with Crippen LogP contribution >= 0.6 is 0 Å². The molecule has 0 radical (unpaired) electrons. The molecule has 1 aliphatic carbocycles. The van der Waals surface area contributed by atoms with Crippen molar-refractivity contribution in [2.75, 3.05) is 0 Å².